The molecule has 0 saturated heterocycles. The summed E-state index contributed by atoms with van der Waals surface area (Å²) in [6.45, 7) is 4.88. The molecule has 0 aliphatic heterocycles. The molecule has 1 aromatic carbocycles. The molecule has 0 aromatic heterocycles. The predicted octanol–water partition coefficient (Wildman–Crippen LogP) is 2.49. The Kier molecular flexibility index (Phi) is 5.16. The molecule has 4 heteroatoms. The maximum atomic E-state index is 11.7. The molecule has 1 amide bonds. The van der Waals surface area contributed by atoms with Gasteiger partial charge in [0.15, 0.2) is 0 Å². The highest BCUT2D eigenvalue weighted by atomic mass is 16.3. The van der Waals surface area contributed by atoms with Gasteiger partial charge in [0, 0.05) is 12.1 Å². The van der Waals surface area contributed by atoms with E-state index in [-0.39, 0.29) is 17.1 Å². The summed E-state index contributed by atoms with van der Waals surface area (Å²) in [5.74, 6) is 0.183. The number of hydrogen-bond donors (Lipinski definition) is 3. The lowest BCUT2D eigenvalue weighted by atomic mass is 9.84. The summed E-state index contributed by atoms with van der Waals surface area (Å²) in [4.78, 5) is 11.7. The Balaban J connectivity index is 2.40. The number of benzene rings is 1. The number of amides is 1. The number of rotatable bonds is 6. The fourth-order valence-corrected chi connectivity index (χ4v) is 1.74. The molecule has 4 N–H and O–H groups in total. The highest BCUT2D eigenvalue weighted by Crippen LogP contribution is 2.26. The van der Waals surface area contributed by atoms with E-state index in [1.165, 1.54) is 0 Å². The Bertz CT molecular complexity index is 385. The summed E-state index contributed by atoms with van der Waals surface area (Å²) < 4.78 is 0. The van der Waals surface area contributed by atoms with E-state index < -0.39 is 0 Å². The van der Waals surface area contributed by atoms with Crippen LogP contribution < -0.4 is 11.1 Å². The van der Waals surface area contributed by atoms with Crippen molar-refractivity contribution in [3.63, 3.8) is 0 Å². The molecule has 0 saturated carbocycles. The summed E-state index contributed by atoms with van der Waals surface area (Å²) in [5, 5.41) is 11.9. The van der Waals surface area contributed by atoms with Crippen LogP contribution >= 0.6 is 0 Å². The maximum absolute atomic E-state index is 11.7. The monoisotopic (exact) mass is 250 g/mol. The van der Waals surface area contributed by atoms with Crippen LogP contribution in [0.2, 0.25) is 0 Å². The van der Waals surface area contributed by atoms with Gasteiger partial charge >= 0.3 is 0 Å². The normalized spacial score (nSPS) is 11.3. The second-order valence-electron chi connectivity index (χ2n) is 5.30. The van der Waals surface area contributed by atoms with Gasteiger partial charge in [-0.25, -0.2) is 0 Å². The van der Waals surface area contributed by atoms with Crippen molar-refractivity contribution < 1.29 is 9.90 Å². The lowest BCUT2D eigenvalue weighted by Gasteiger charge is -2.23. The van der Waals surface area contributed by atoms with Crippen LogP contribution in [0, 0.1) is 5.41 Å². The first kappa shape index (κ1) is 14.5. The standard InChI is InChI=1S/C14H22N2O2/c1-14(2,9-10-15)8-7-13(18)16-11-3-5-12(17)6-4-11/h3-6,17H,7-10,15H2,1-2H3,(H,16,18). The minimum absolute atomic E-state index is 0.00853. The second kappa shape index (κ2) is 6.40. The van der Waals surface area contributed by atoms with Crippen LogP contribution in [0.3, 0.4) is 0 Å². The largest absolute Gasteiger partial charge is 0.508 e. The number of carbonyl (C=O) groups excluding carboxylic acids is 1. The molecule has 0 spiro atoms. The zero-order chi connectivity index (χ0) is 13.6. The smallest absolute Gasteiger partial charge is 0.224 e. The SMILES string of the molecule is CC(C)(CCN)CCC(=O)Nc1ccc(O)cc1. The summed E-state index contributed by atoms with van der Waals surface area (Å²) in [6, 6.07) is 6.46. The summed E-state index contributed by atoms with van der Waals surface area (Å²) in [5.41, 5.74) is 6.34. The zero-order valence-corrected chi connectivity index (χ0v) is 11.1. The molecule has 4 nitrogen and oxygen atoms in total. The number of carbonyl (C=O) groups is 1. The van der Waals surface area contributed by atoms with E-state index in [0.717, 1.165) is 12.8 Å². The molecule has 0 aliphatic carbocycles. The minimum Gasteiger partial charge on any atom is -0.508 e. The molecule has 0 radical (unpaired) electrons. The Labute approximate surface area is 108 Å². The highest BCUT2D eigenvalue weighted by Gasteiger charge is 2.18. The minimum atomic E-state index is -0.00853. The van der Waals surface area contributed by atoms with Crippen molar-refractivity contribution in [1.29, 1.82) is 0 Å². The average Bonchev–Trinajstić information content (AvgIpc) is 2.30. The van der Waals surface area contributed by atoms with Gasteiger partial charge in [-0.1, -0.05) is 13.8 Å². The third kappa shape index (κ3) is 5.19. The fourth-order valence-electron chi connectivity index (χ4n) is 1.74. The molecule has 0 aliphatic rings. The van der Waals surface area contributed by atoms with Crippen LogP contribution in [-0.4, -0.2) is 17.6 Å². The Morgan fingerprint density at radius 2 is 1.89 bits per heavy atom. The molecule has 0 bridgehead atoms. The van der Waals surface area contributed by atoms with Crippen molar-refractivity contribution in [2.24, 2.45) is 11.1 Å². The van der Waals surface area contributed by atoms with E-state index in [4.69, 9.17) is 10.8 Å². The molecule has 1 aromatic rings. The molecule has 0 heterocycles. The first-order valence-corrected chi connectivity index (χ1v) is 6.22. The number of phenolic OH excluding ortho intramolecular Hbond substituents is 1. The van der Waals surface area contributed by atoms with Crippen molar-refractivity contribution in [2.45, 2.75) is 33.1 Å². The molecule has 18 heavy (non-hydrogen) atoms. The van der Waals surface area contributed by atoms with Gasteiger partial charge in [0.2, 0.25) is 5.91 Å². The lowest BCUT2D eigenvalue weighted by molar-refractivity contribution is -0.116. The molecular weight excluding hydrogens is 228 g/mol. The average molecular weight is 250 g/mol. The number of phenols is 1. The number of hydrogen-bond acceptors (Lipinski definition) is 3. The van der Waals surface area contributed by atoms with E-state index in [0.29, 0.717) is 18.7 Å². The number of nitrogens with one attached hydrogen (secondary N) is 1. The Morgan fingerprint density at radius 3 is 2.44 bits per heavy atom. The van der Waals surface area contributed by atoms with E-state index >= 15 is 0 Å². The van der Waals surface area contributed by atoms with Crippen molar-refractivity contribution in [3.8, 4) is 5.75 Å². The third-order valence-corrected chi connectivity index (χ3v) is 3.00. The Hall–Kier alpha value is -1.55. The summed E-state index contributed by atoms with van der Waals surface area (Å²) >= 11 is 0. The molecule has 100 valence electrons. The van der Waals surface area contributed by atoms with Gasteiger partial charge in [-0.05, 0) is 49.1 Å². The van der Waals surface area contributed by atoms with Crippen LogP contribution in [0.15, 0.2) is 24.3 Å². The molecule has 0 atom stereocenters. The first-order chi connectivity index (χ1) is 8.43. The van der Waals surface area contributed by atoms with Crippen molar-refractivity contribution in [3.05, 3.63) is 24.3 Å². The van der Waals surface area contributed by atoms with Gasteiger partial charge < -0.3 is 16.2 Å². The second-order valence-corrected chi connectivity index (χ2v) is 5.30. The topological polar surface area (TPSA) is 75.4 Å². The zero-order valence-electron chi connectivity index (χ0n) is 11.1. The van der Waals surface area contributed by atoms with E-state index in [9.17, 15) is 4.79 Å². The highest BCUT2D eigenvalue weighted by molar-refractivity contribution is 5.90. The Morgan fingerprint density at radius 1 is 1.28 bits per heavy atom. The van der Waals surface area contributed by atoms with Crippen LogP contribution in [0.4, 0.5) is 5.69 Å². The van der Waals surface area contributed by atoms with E-state index in [1.807, 2.05) is 0 Å². The third-order valence-electron chi connectivity index (χ3n) is 3.00. The van der Waals surface area contributed by atoms with Crippen molar-refractivity contribution in [2.75, 3.05) is 11.9 Å². The first-order valence-electron chi connectivity index (χ1n) is 6.22. The lowest BCUT2D eigenvalue weighted by Crippen LogP contribution is -2.20. The fraction of sp³-hybridized carbons (Fsp3) is 0.500. The van der Waals surface area contributed by atoms with Gasteiger partial charge in [0.1, 0.15) is 5.75 Å². The molecular formula is C14H22N2O2. The van der Waals surface area contributed by atoms with Crippen LogP contribution in [0.25, 0.3) is 0 Å². The predicted molar refractivity (Wildman–Crippen MR) is 73.4 cm³/mol. The van der Waals surface area contributed by atoms with Crippen LogP contribution in [-0.2, 0) is 4.79 Å². The summed E-state index contributed by atoms with van der Waals surface area (Å²) in [6.07, 6.45) is 2.21. The number of nitrogens with two attached hydrogens (primary N) is 1. The van der Waals surface area contributed by atoms with Crippen LogP contribution in [0.1, 0.15) is 33.1 Å². The van der Waals surface area contributed by atoms with Gasteiger partial charge in [-0.15, -0.1) is 0 Å². The van der Waals surface area contributed by atoms with Crippen LogP contribution in [0.5, 0.6) is 5.75 Å². The molecule has 0 unspecified atom stereocenters. The van der Waals surface area contributed by atoms with E-state index in [1.54, 1.807) is 24.3 Å². The quantitative estimate of drug-likeness (QED) is 0.679. The van der Waals surface area contributed by atoms with Gasteiger partial charge in [0.05, 0.1) is 0 Å². The molecule has 1 rings (SSSR count). The van der Waals surface area contributed by atoms with Crippen molar-refractivity contribution in [1.82, 2.24) is 0 Å². The number of anilines is 1. The van der Waals surface area contributed by atoms with Crippen molar-refractivity contribution >= 4 is 11.6 Å². The van der Waals surface area contributed by atoms with Gasteiger partial charge in [0.25, 0.3) is 0 Å². The maximum Gasteiger partial charge on any atom is 0.224 e. The van der Waals surface area contributed by atoms with E-state index in [2.05, 4.69) is 19.2 Å². The summed E-state index contributed by atoms with van der Waals surface area (Å²) in [7, 11) is 0. The number of aromatic hydroxyl groups is 1. The molecule has 0 fully saturated rings. The van der Waals surface area contributed by atoms with Gasteiger partial charge in [-0.3, -0.25) is 4.79 Å². The van der Waals surface area contributed by atoms with Gasteiger partial charge in [-0.2, -0.15) is 0 Å².